The molecule has 2 atom stereocenters. The molecule has 98 valence electrons. The SMILES string of the molecule is CCC(C)[C@@H](COC(C)(C)C)NC(C)(C)C. The highest BCUT2D eigenvalue weighted by Crippen LogP contribution is 2.15. The van der Waals surface area contributed by atoms with Crippen LogP contribution >= 0.6 is 0 Å². The van der Waals surface area contributed by atoms with Gasteiger partial charge in [-0.05, 0) is 47.5 Å². The van der Waals surface area contributed by atoms with Crippen LogP contribution in [0.2, 0.25) is 0 Å². The van der Waals surface area contributed by atoms with Crippen molar-refractivity contribution in [1.82, 2.24) is 5.32 Å². The van der Waals surface area contributed by atoms with Gasteiger partial charge in [0.2, 0.25) is 0 Å². The quantitative estimate of drug-likeness (QED) is 0.777. The van der Waals surface area contributed by atoms with Crippen LogP contribution in [0.1, 0.15) is 61.8 Å². The van der Waals surface area contributed by atoms with E-state index in [-0.39, 0.29) is 11.1 Å². The first-order chi connectivity index (χ1) is 7.05. The van der Waals surface area contributed by atoms with Crippen molar-refractivity contribution in [3.8, 4) is 0 Å². The van der Waals surface area contributed by atoms with Gasteiger partial charge in [0.25, 0.3) is 0 Å². The molecule has 0 saturated heterocycles. The first-order valence-electron chi connectivity index (χ1n) is 6.47. The summed E-state index contributed by atoms with van der Waals surface area (Å²) in [6.45, 7) is 18.3. The van der Waals surface area contributed by atoms with E-state index in [2.05, 4.69) is 60.7 Å². The molecule has 0 aromatic rings. The van der Waals surface area contributed by atoms with Crippen molar-refractivity contribution in [2.75, 3.05) is 6.61 Å². The molecule has 0 saturated carbocycles. The molecule has 16 heavy (non-hydrogen) atoms. The van der Waals surface area contributed by atoms with Crippen molar-refractivity contribution < 1.29 is 4.74 Å². The summed E-state index contributed by atoms with van der Waals surface area (Å²) in [5.41, 5.74) is 0.0978. The average Bonchev–Trinajstić information content (AvgIpc) is 2.07. The summed E-state index contributed by atoms with van der Waals surface area (Å²) < 4.78 is 5.90. The van der Waals surface area contributed by atoms with Crippen molar-refractivity contribution in [1.29, 1.82) is 0 Å². The number of rotatable bonds is 5. The van der Waals surface area contributed by atoms with Crippen molar-refractivity contribution in [3.63, 3.8) is 0 Å². The number of hydrogen-bond acceptors (Lipinski definition) is 2. The molecule has 0 radical (unpaired) electrons. The van der Waals surface area contributed by atoms with Gasteiger partial charge >= 0.3 is 0 Å². The minimum absolute atomic E-state index is 0.0503. The van der Waals surface area contributed by atoms with Crippen molar-refractivity contribution in [2.45, 2.75) is 79.0 Å². The summed E-state index contributed by atoms with van der Waals surface area (Å²) in [4.78, 5) is 0. The Morgan fingerprint density at radius 1 is 1.06 bits per heavy atom. The first kappa shape index (κ1) is 15.9. The summed E-state index contributed by atoms with van der Waals surface area (Å²) in [5.74, 6) is 0.640. The smallest absolute Gasteiger partial charge is 0.0629 e. The van der Waals surface area contributed by atoms with E-state index in [0.717, 1.165) is 6.61 Å². The molecule has 0 rings (SSSR count). The van der Waals surface area contributed by atoms with Crippen LogP contribution in [0, 0.1) is 5.92 Å². The lowest BCUT2D eigenvalue weighted by Crippen LogP contribution is -2.49. The van der Waals surface area contributed by atoms with Crippen LogP contribution < -0.4 is 5.32 Å². The van der Waals surface area contributed by atoms with Gasteiger partial charge in [0.1, 0.15) is 0 Å². The van der Waals surface area contributed by atoms with E-state index >= 15 is 0 Å². The Bertz CT molecular complexity index is 188. The molecule has 2 heteroatoms. The predicted octanol–water partition coefficient (Wildman–Crippen LogP) is 3.60. The maximum Gasteiger partial charge on any atom is 0.0629 e. The topological polar surface area (TPSA) is 21.3 Å². The molecule has 2 nitrogen and oxygen atoms in total. The van der Waals surface area contributed by atoms with Crippen molar-refractivity contribution >= 4 is 0 Å². The Kier molecular flexibility index (Phi) is 5.99. The molecule has 0 fully saturated rings. The number of nitrogens with one attached hydrogen (secondary N) is 1. The van der Waals surface area contributed by atoms with Gasteiger partial charge in [-0.2, -0.15) is 0 Å². The summed E-state index contributed by atoms with van der Waals surface area (Å²) in [5, 5.41) is 3.65. The van der Waals surface area contributed by atoms with Gasteiger partial charge in [-0.3, -0.25) is 0 Å². The van der Waals surface area contributed by atoms with Gasteiger partial charge < -0.3 is 10.1 Å². The standard InChI is InChI=1S/C14H31NO/c1-9-11(2)12(15-13(3,4)5)10-16-14(6,7)8/h11-12,15H,9-10H2,1-8H3/t11?,12-/m1/s1. The summed E-state index contributed by atoms with van der Waals surface area (Å²) in [6, 6.07) is 0.434. The minimum Gasteiger partial charge on any atom is -0.374 e. The second-order valence-corrected chi connectivity index (χ2v) is 6.81. The van der Waals surface area contributed by atoms with Crippen LogP contribution in [0.25, 0.3) is 0 Å². The fourth-order valence-electron chi connectivity index (χ4n) is 1.53. The molecule has 0 amide bonds. The Balaban J connectivity index is 4.33. The van der Waals surface area contributed by atoms with Crippen LogP contribution in [0.15, 0.2) is 0 Å². The van der Waals surface area contributed by atoms with Crippen LogP contribution in [-0.2, 0) is 4.74 Å². The van der Waals surface area contributed by atoms with Gasteiger partial charge in [-0.25, -0.2) is 0 Å². The minimum atomic E-state index is -0.0503. The summed E-state index contributed by atoms with van der Waals surface area (Å²) in [6.07, 6.45) is 1.18. The first-order valence-corrected chi connectivity index (χ1v) is 6.47. The molecule has 0 heterocycles. The molecule has 0 aliphatic carbocycles. The molecular weight excluding hydrogens is 198 g/mol. The van der Waals surface area contributed by atoms with Gasteiger partial charge in [-0.1, -0.05) is 20.3 Å². The van der Waals surface area contributed by atoms with E-state index in [1.165, 1.54) is 6.42 Å². The maximum absolute atomic E-state index is 5.90. The Hall–Kier alpha value is -0.0800. The monoisotopic (exact) mass is 229 g/mol. The third-order valence-electron chi connectivity index (χ3n) is 2.65. The maximum atomic E-state index is 5.90. The van der Waals surface area contributed by atoms with E-state index in [1.807, 2.05) is 0 Å². The summed E-state index contributed by atoms with van der Waals surface area (Å²) in [7, 11) is 0. The van der Waals surface area contributed by atoms with Crippen molar-refractivity contribution in [2.24, 2.45) is 5.92 Å². The van der Waals surface area contributed by atoms with E-state index < -0.39 is 0 Å². The van der Waals surface area contributed by atoms with Crippen molar-refractivity contribution in [3.05, 3.63) is 0 Å². The fourth-order valence-corrected chi connectivity index (χ4v) is 1.53. The van der Waals surface area contributed by atoms with Gasteiger partial charge in [-0.15, -0.1) is 0 Å². The molecular formula is C14H31NO. The fraction of sp³-hybridized carbons (Fsp3) is 1.00. The Morgan fingerprint density at radius 2 is 1.56 bits per heavy atom. The lowest BCUT2D eigenvalue weighted by molar-refractivity contribution is -0.0249. The molecule has 0 aromatic carbocycles. The average molecular weight is 229 g/mol. The zero-order valence-corrected chi connectivity index (χ0v) is 12.5. The molecule has 0 bridgehead atoms. The van der Waals surface area contributed by atoms with Gasteiger partial charge in [0.05, 0.1) is 12.2 Å². The molecule has 0 aromatic heterocycles. The molecule has 1 N–H and O–H groups in total. The van der Waals surface area contributed by atoms with E-state index in [4.69, 9.17) is 4.74 Å². The van der Waals surface area contributed by atoms with Crippen LogP contribution in [0.3, 0.4) is 0 Å². The van der Waals surface area contributed by atoms with Gasteiger partial charge in [0, 0.05) is 11.6 Å². The van der Waals surface area contributed by atoms with Crippen LogP contribution in [-0.4, -0.2) is 23.8 Å². The lowest BCUT2D eigenvalue weighted by atomic mass is 9.96. The van der Waals surface area contributed by atoms with E-state index in [1.54, 1.807) is 0 Å². The molecule has 1 unspecified atom stereocenters. The van der Waals surface area contributed by atoms with E-state index in [9.17, 15) is 0 Å². The largest absolute Gasteiger partial charge is 0.374 e. The highest BCUT2D eigenvalue weighted by Gasteiger charge is 2.23. The Labute approximate surface area is 102 Å². The molecule has 0 spiro atoms. The summed E-state index contributed by atoms with van der Waals surface area (Å²) >= 11 is 0. The second kappa shape index (κ2) is 6.02. The lowest BCUT2D eigenvalue weighted by Gasteiger charge is -2.34. The second-order valence-electron chi connectivity index (χ2n) is 6.81. The zero-order chi connectivity index (χ0) is 13.0. The highest BCUT2D eigenvalue weighted by atomic mass is 16.5. The molecule has 0 aliphatic heterocycles. The zero-order valence-electron chi connectivity index (χ0n) is 12.5. The Morgan fingerprint density at radius 3 is 1.88 bits per heavy atom. The van der Waals surface area contributed by atoms with Crippen LogP contribution in [0.4, 0.5) is 0 Å². The highest BCUT2D eigenvalue weighted by molar-refractivity contribution is 4.81. The van der Waals surface area contributed by atoms with E-state index in [0.29, 0.717) is 12.0 Å². The van der Waals surface area contributed by atoms with Crippen LogP contribution in [0.5, 0.6) is 0 Å². The third kappa shape index (κ3) is 8.12. The third-order valence-corrected chi connectivity index (χ3v) is 2.65. The number of hydrogen-bond donors (Lipinski definition) is 1. The molecule has 0 aliphatic rings. The number of ether oxygens (including phenoxy) is 1. The van der Waals surface area contributed by atoms with Gasteiger partial charge in [0.15, 0.2) is 0 Å². The predicted molar refractivity (Wildman–Crippen MR) is 71.8 cm³/mol. The normalized spacial score (nSPS) is 17.2.